The summed E-state index contributed by atoms with van der Waals surface area (Å²) in [6.45, 7) is 2.06. The maximum Gasteiger partial charge on any atom is 0.338 e. The second kappa shape index (κ2) is 8.97. The summed E-state index contributed by atoms with van der Waals surface area (Å²) in [4.78, 5) is 24.3. The van der Waals surface area contributed by atoms with E-state index in [9.17, 15) is 9.59 Å². The summed E-state index contributed by atoms with van der Waals surface area (Å²) in [6, 6.07) is 11.7. The molecule has 0 saturated heterocycles. The van der Waals surface area contributed by atoms with Crippen molar-refractivity contribution in [2.24, 2.45) is 0 Å². The monoisotopic (exact) mass is 383 g/mol. The summed E-state index contributed by atoms with van der Waals surface area (Å²) in [5, 5.41) is 3.78. The molecule has 24 heavy (non-hydrogen) atoms. The molecular formula is C17H15Cl2NO3S. The predicted octanol–water partition coefficient (Wildman–Crippen LogP) is 4.90. The molecule has 2 rings (SSSR count). The molecule has 0 aromatic heterocycles. The topological polar surface area (TPSA) is 55.4 Å². The number of benzene rings is 2. The zero-order chi connectivity index (χ0) is 17.5. The van der Waals surface area contributed by atoms with Crippen LogP contribution in [-0.4, -0.2) is 24.2 Å². The third-order valence-electron chi connectivity index (χ3n) is 2.95. The lowest BCUT2D eigenvalue weighted by Crippen LogP contribution is -2.14. The van der Waals surface area contributed by atoms with Crippen LogP contribution in [0.5, 0.6) is 0 Å². The second-order valence-corrected chi connectivity index (χ2v) is 6.49. The summed E-state index contributed by atoms with van der Waals surface area (Å²) in [6.07, 6.45) is 0. The van der Waals surface area contributed by atoms with Gasteiger partial charge in [-0.25, -0.2) is 4.79 Å². The highest BCUT2D eigenvalue weighted by Gasteiger charge is 2.10. The van der Waals surface area contributed by atoms with Crippen LogP contribution < -0.4 is 5.32 Å². The number of thioether (sulfide) groups is 1. The number of hydrogen-bond acceptors (Lipinski definition) is 4. The molecule has 0 spiro atoms. The van der Waals surface area contributed by atoms with Gasteiger partial charge in [0.15, 0.2) is 0 Å². The Kier molecular flexibility index (Phi) is 6.97. The summed E-state index contributed by atoms with van der Waals surface area (Å²) >= 11 is 13.4. The third kappa shape index (κ3) is 5.16. The number of rotatable bonds is 6. The van der Waals surface area contributed by atoms with E-state index < -0.39 is 0 Å². The van der Waals surface area contributed by atoms with Crippen molar-refractivity contribution >= 4 is 52.5 Å². The number of anilines is 1. The SMILES string of the molecule is CCOC(=O)c1ccc(NC(=O)CSc2c(Cl)cccc2Cl)cc1. The molecular weight excluding hydrogens is 369 g/mol. The Bertz CT molecular complexity index is 715. The molecule has 0 heterocycles. The molecule has 0 aliphatic heterocycles. The summed E-state index contributed by atoms with van der Waals surface area (Å²) in [5.74, 6) is -0.414. The van der Waals surface area contributed by atoms with Gasteiger partial charge in [-0.15, -0.1) is 11.8 Å². The van der Waals surface area contributed by atoms with Gasteiger partial charge in [-0.05, 0) is 43.3 Å². The Morgan fingerprint density at radius 2 is 1.71 bits per heavy atom. The van der Waals surface area contributed by atoms with Crippen LogP contribution >= 0.6 is 35.0 Å². The van der Waals surface area contributed by atoms with E-state index in [1.165, 1.54) is 11.8 Å². The number of esters is 1. The Morgan fingerprint density at radius 1 is 1.08 bits per heavy atom. The fraction of sp³-hybridized carbons (Fsp3) is 0.176. The van der Waals surface area contributed by atoms with Crippen LogP contribution in [0.4, 0.5) is 5.69 Å². The first-order valence-corrected chi connectivity index (χ1v) is 8.89. The van der Waals surface area contributed by atoms with Gasteiger partial charge in [0.2, 0.25) is 5.91 Å². The highest BCUT2D eigenvalue weighted by atomic mass is 35.5. The van der Waals surface area contributed by atoms with Crippen molar-refractivity contribution in [1.29, 1.82) is 0 Å². The predicted molar refractivity (Wildman–Crippen MR) is 98.2 cm³/mol. The second-order valence-electron chi connectivity index (χ2n) is 4.69. The fourth-order valence-electron chi connectivity index (χ4n) is 1.86. The summed E-state index contributed by atoms with van der Waals surface area (Å²) in [5.41, 5.74) is 1.03. The minimum Gasteiger partial charge on any atom is -0.462 e. The molecule has 4 nitrogen and oxygen atoms in total. The van der Waals surface area contributed by atoms with Gasteiger partial charge in [0.05, 0.1) is 28.0 Å². The maximum atomic E-state index is 12.0. The van der Waals surface area contributed by atoms with Gasteiger partial charge in [-0.1, -0.05) is 29.3 Å². The van der Waals surface area contributed by atoms with Crippen molar-refractivity contribution in [3.05, 3.63) is 58.1 Å². The number of carbonyl (C=O) groups is 2. The first-order chi connectivity index (χ1) is 11.5. The fourth-order valence-corrected chi connectivity index (χ4v) is 3.34. The number of carbonyl (C=O) groups excluding carboxylic acids is 2. The van der Waals surface area contributed by atoms with Gasteiger partial charge < -0.3 is 10.1 Å². The highest BCUT2D eigenvalue weighted by molar-refractivity contribution is 8.00. The molecule has 0 aliphatic carbocycles. The van der Waals surface area contributed by atoms with Gasteiger partial charge in [-0.3, -0.25) is 4.79 Å². The normalized spacial score (nSPS) is 10.3. The molecule has 1 amide bonds. The van der Waals surface area contributed by atoms with E-state index in [4.69, 9.17) is 27.9 Å². The lowest BCUT2D eigenvalue weighted by atomic mass is 10.2. The molecule has 7 heteroatoms. The molecule has 0 unspecified atom stereocenters. The number of amides is 1. The zero-order valence-corrected chi connectivity index (χ0v) is 15.2. The molecule has 0 bridgehead atoms. The van der Waals surface area contributed by atoms with E-state index in [1.807, 2.05) is 0 Å². The van der Waals surface area contributed by atoms with E-state index in [0.29, 0.717) is 32.8 Å². The van der Waals surface area contributed by atoms with E-state index in [2.05, 4.69) is 5.32 Å². The van der Waals surface area contributed by atoms with E-state index in [1.54, 1.807) is 49.4 Å². The number of nitrogens with one attached hydrogen (secondary N) is 1. The lowest BCUT2D eigenvalue weighted by Gasteiger charge is -2.08. The van der Waals surface area contributed by atoms with Crippen molar-refractivity contribution in [2.45, 2.75) is 11.8 Å². The average molecular weight is 384 g/mol. The number of halogens is 2. The van der Waals surface area contributed by atoms with Gasteiger partial charge in [0, 0.05) is 10.6 Å². The largest absolute Gasteiger partial charge is 0.462 e. The molecule has 0 saturated carbocycles. The van der Waals surface area contributed by atoms with Gasteiger partial charge in [0.25, 0.3) is 0 Å². The number of ether oxygens (including phenoxy) is 1. The van der Waals surface area contributed by atoms with Crippen molar-refractivity contribution in [3.8, 4) is 0 Å². The molecule has 1 N–H and O–H groups in total. The van der Waals surface area contributed by atoms with Crippen molar-refractivity contribution in [1.82, 2.24) is 0 Å². The van der Waals surface area contributed by atoms with Crippen LogP contribution in [-0.2, 0) is 9.53 Å². The van der Waals surface area contributed by atoms with Crippen LogP contribution in [0.15, 0.2) is 47.4 Å². The standard InChI is InChI=1S/C17H15Cl2NO3S/c1-2-23-17(22)11-6-8-12(9-7-11)20-15(21)10-24-16-13(18)4-3-5-14(16)19/h3-9H,2,10H2,1H3,(H,20,21). The van der Waals surface area contributed by atoms with Crippen molar-refractivity contribution in [2.75, 3.05) is 17.7 Å². The zero-order valence-electron chi connectivity index (χ0n) is 12.8. The van der Waals surface area contributed by atoms with Gasteiger partial charge >= 0.3 is 5.97 Å². The summed E-state index contributed by atoms with van der Waals surface area (Å²) in [7, 11) is 0. The first kappa shape index (κ1) is 18.6. The van der Waals surface area contributed by atoms with Crippen LogP contribution in [0.25, 0.3) is 0 Å². The van der Waals surface area contributed by atoms with Crippen LogP contribution in [0.3, 0.4) is 0 Å². The maximum absolute atomic E-state index is 12.0. The van der Waals surface area contributed by atoms with Crippen LogP contribution in [0, 0.1) is 0 Å². The van der Waals surface area contributed by atoms with Crippen molar-refractivity contribution < 1.29 is 14.3 Å². The first-order valence-electron chi connectivity index (χ1n) is 7.15. The molecule has 0 atom stereocenters. The smallest absolute Gasteiger partial charge is 0.338 e. The molecule has 2 aromatic carbocycles. The average Bonchev–Trinajstić information content (AvgIpc) is 2.55. The van der Waals surface area contributed by atoms with E-state index >= 15 is 0 Å². The minimum absolute atomic E-state index is 0.170. The quantitative estimate of drug-likeness (QED) is 0.569. The molecule has 2 aromatic rings. The van der Waals surface area contributed by atoms with Gasteiger partial charge in [0.1, 0.15) is 0 Å². The Morgan fingerprint density at radius 3 is 2.29 bits per heavy atom. The van der Waals surface area contributed by atoms with Crippen LogP contribution in [0.1, 0.15) is 17.3 Å². The minimum atomic E-state index is -0.390. The lowest BCUT2D eigenvalue weighted by molar-refractivity contribution is -0.113. The molecule has 0 aliphatic rings. The molecule has 126 valence electrons. The highest BCUT2D eigenvalue weighted by Crippen LogP contribution is 2.33. The van der Waals surface area contributed by atoms with Crippen molar-refractivity contribution in [3.63, 3.8) is 0 Å². The number of hydrogen-bond donors (Lipinski definition) is 1. The van der Waals surface area contributed by atoms with E-state index in [0.717, 1.165) is 0 Å². The van der Waals surface area contributed by atoms with Crippen LogP contribution in [0.2, 0.25) is 10.0 Å². The van der Waals surface area contributed by atoms with E-state index in [-0.39, 0.29) is 17.6 Å². The Hall–Kier alpha value is -1.69. The molecule has 0 fully saturated rings. The molecule has 0 radical (unpaired) electrons. The Labute approximate surface area is 154 Å². The third-order valence-corrected chi connectivity index (χ3v) is 4.94. The summed E-state index contributed by atoms with van der Waals surface area (Å²) < 4.78 is 4.90. The Balaban J connectivity index is 1.92. The van der Waals surface area contributed by atoms with Gasteiger partial charge in [-0.2, -0.15) is 0 Å².